The van der Waals surface area contributed by atoms with Crippen LogP contribution < -0.4 is 11.3 Å². The standard InChI is InChI=1S/C8H20N2.C2H4O2/c1-2-3-4-5-6-7-8-10-9;1-2(3)4/h10H,2-9H2,1H3;1H3,(H,3,4). The minimum absolute atomic E-state index is 0.833. The van der Waals surface area contributed by atoms with E-state index in [0.717, 1.165) is 13.5 Å². The molecule has 14 heavy (non-hydrogen) atoms. The van der Waals surface area contributed by atoms with Crippen LogP contribution in [0.4, 0.5) is 0 Å². The number of unbranched alkanes of at least 4 members (excludes halogenated alkanes) is 5. The van der Waals surface area contributed by atoms with E-state index in [1.165, 1.54) is 38.5 Å². The maximum absolute atomic E-state index is 9.00. The van der Waals surface area contributed by atoms with Crippen LogP contribution in [0.3, 0.4) is 0 Å². The van der Waals surface area contributed by atoms with Gasteiger partial charge in [-0.3, -0.25) is 16.1 Å². The molecule has 0 radical (unpaired) electrons. The van der Waals surface area contributed by atoms with E-state index in [-0.39, 0.29) is 0 Å². The Hall–Kier alpha value is -0.610. The molecule has 4 N–H and O–H groups in total. The smallest absolute Gasteiger partial charge is 0.300 e. The molecule has 0 aromatic carbocycles. The van der Waals surface area contributed by atoms with Gasteiger partial charge in [0.15, 0.2) is 0 Å². The van der Waals surface area contributed by atoms with E-state index in [4.69, 9.17) is 15.7 Å². The number of hydrazine groups is 1. The molecular formula is C10H24N2O2. The molecule has 0 saturated carbocycles. The van der Waals surface area contributed by atoms with Crippen LogP contribution in [0.2, 0.25) is 0 Å². The van der Waals surface area contributed by atoms with Crippen molar-refractivity contribution in [2.45, 2.75) is 52.4 Å². The van der Waals surface area contributed by atoms with Gasteiger partial charge in [-0.05, 0) is 6.42 Å². The van der Waals surface area contributed by atoms with Gasteiger partial charge in [-0.2, -0.15) is 0 Å². The van der Waals surface area contributed by atoms with Crippen molar-refractivity contribution in [1.82, 2.24) is 5.43 Å². The first-order valence-corrected chi connectivity index (χ1v) is 5.28. The number of carbonyl (C=O) groups is 1. The molecule has 0 aromatic rings. The first-order chi connectivity index (χ1) is 6.65. The number of hydrogen-bond acceptors (Lipinski definition) is 3. The molecule has 0 saturated heterocycles. The molecule has 0 aliphatic rings. The molecule has 0 unspecified atom stereocenters. The molecule has 0 atom stereocenters. The third kappa shape index (κ3) is 30.1. The van der Waals surface area contributed by atoms with Crippen molar-refractivity contribution in [3.05, 3.63) is 0 Å². The highest BCUT2D eigenvalue weighted by molar-refractivity contribution is 5.62. The number of carboxylic acid groups (broad SMARTS) is 1. The third-order valence-corrected chi connectivity index (χ3v) is 1.67. The van der Waals surface area contributed by atoms with Crippen molar-refractivity contribution < 1.29 is 9.90 Å². The van der Waals surface area contributed by atoms with Crippen LogP contribution in [0, 0.1) is 0 Å². The largest absolute Gasteiger partial charge is 0.481 e. The highest BCUT2D eigenvalue weighted by Crippen LogP contribution is 2.03. The average Bonchev–Trinajstić information content (AvgIpc) is 2.10. The maximum Gasteiger partial charge on any atom is 0.300 e. The van der Waals surface area contributed by atoms with Gasteiger partial charge in [-0.1, -0.05) is 39.0 Å². The van der Waals surface area contributed by atoms with Crippen LogP contribution in [0.1, 0.15) is 52.4 Å². The van der Waals surface area contributed by atoms with Crippen LogP contribution >= 0.6 is 0 Å². The zero-order valence-corrected chi connectivity index (χ0v) is 9.38. The van der Waals surface area contributed by atoms with Crippen molar-refractivity contribution in [3.63, 3.8) is 0 Å². The third-order valence-electron chi connectivity index (χ3n) is 1.67. The number of nitrogens with one attached hydrogen (secondary N) is 1. The number of aliphatic carboxylic acids is 1. The fourth-order valence-electron chi connectivity index (χ4n) is 1.01. The second-order valence-corrected chi connectivity index (χ2v) is 3.24. The molecule has 0 aliphatic heterocycles. The Morgan fingerprint density at radius 1 is 1.21 bits per heavy atom. The lowest BCUT2D eigenvalue weighted by atomic mass is 10.1. The van der Waals surface area contributed by atoms with Gasteiger partial charge in [0.1, 0.15) is 0 Å². The Bertz CT molecular complexity index is 107. The van der Waals surface area contributed by atoms with Gasteiger partial charge in [-0.15, -0.1) is 0 Å². The Labute approximate surface area is 86.8 Å². The molecule has 86 valence electrons. The molecular weight excluding hydrogens is 180 g/mol. The molecule has 0 heterocycles. The van der Waals surface area contributed by atoms with Gasteiger partial charge >= 0.3 is 0 Å². The van der Waals surface area contributed by atoms with Crippen molar-refractivity contribution in [2.75, 3.05) is 6.54 Å². The Balaban J connectivity index is 0. The summed E-state index contributed by atoms with van der Waals surface area (Å²) in [5.41, 5.74) is 2.66. The summed E-state index contributed by atoms with van der Waals surface area (Å²) in [6, 6.07) is 0. The Kier molecular flexibility index (Phi) is 16.9. The predicted molar refractivity (Wildman–Crippen MR) is 58.9 cm³/mol. The van der Waals surface area contributed by atoms with E-state index in [0.29, 0.717) is 0 Å². The van der Waals surface area contributed by atoms with E-state index in [9.17, 15) is 0 Å². The Morgan fingerprint density at radius 2 is 1.64 bits per heavy atom. The normalized spacial score (nSPS) is 9.07. The molecule has 0 aromatic heterocycles. The molecule has 0 bridgehead atoms. The summed E-state index contributed by atoms with van der Waals surface area (Å²) in [5.74, 6) is 4.29. The molecule has 0 fully saturated rings. The minimum Gasteiger partial charge on any atom is -0.481 e. The van der Waals surface area contributed by atoms with Gasteiger partial charge in [0.05, 0.1) is 0 Å². The van der Waals surface area contributed by atoms with Gasteiger partial charge in [0, 0.05) is 13.5 Å². The molecule has 0 spiro atoms. The van der Waals surface area contributed by atoms with E-state index < -0.39 is 5.97 Å². The fourth-order valence-corrected chi connectivity index (χ4v) is 1.01. The molecule has 4 heteroatoms. The van der Waals surface area contributed by atoms with Crippen LogP contribution in [0.25, 0.3) is 0 Å². The highest BCUT2D eigenvalue weighted by atomic mass is 16.4. The summed E-state index contributed by atoms with van der Waals surface area (Å²) in [6.07, 6.45) is 8.02. The van der Waals surface area contributed by atoms with Crippen molar-refractivity contribution in [3.8, 4) is 0 Å². The van der Waals surface area contributed by atoms with E-state index >= 15 is 0 Å². The quantitative estimate of drug-likeness (QED) is 0.336. The van der Waals surface area contributed by atoms with Gasteiger partial charge in [0.25, 0.3) is 5.97 Å². The summed E-state index contributed by atoms with van der Waals surface area (Å²) in [5, 5.41) is 7.42. The van der Waals surface area contributed by atoms with Gasteiger partial charge < -0.3 is 5.11 Å². The summed E-state index contributed by atoms with van der Waals surface area (Å²) >= 11 is 0. The van der Waals surface area contributed by atoms with Crippen LogP contribution in [0.5, 0.6) is 0 Å². The second kappa shape index (κ2) is 14.9. The van der Waals surface area contributed by atoms with Crippen LogP contribution in [-0.4, -0.2) is 17.6 Å². The fraction of sp³-hybridized carbons (Fsp3) is 0.900. The van der Waals surface area contributed by atoms with Crippen molar-refractivity contribution >= 4 is 5.97 Å². The second-order valence-electron chi connectivity index (χ2n) is 3.24. The molecule has 0 rings (SSSR count). The monoisotopic (exact) mass is 204 g/mol. The lowest BCUT2D eigenvalue weighted by molar-refractivity contribution is -0.134. The molecule has 0 aliphatic carbocycles. The van der Waals surface area contributed by atoms with Crippen molar-refractivity contribution in [2.24, 2.45) is 5.84 Å². The summed E-state index contributed by atoms with van der Waals surface area (Å²) < 4.78 is 0. The van der Waals surface area contributed by atoms with E-state index in [1.807, 2.05) is 0 Å². The van der Waals surface area contributed by atoms with Crippen LogP contribution in [-0.2, 0) is 4.79 Å². The van der Waals surface area contributed by atoms with Gasteiger partial charge in [-0.25, -0.2) is 0 Å². The number of rotatable bonds is 7. The topological polar surface area (TPSA) is 75.3 Å². The summed E-state index contributed by atoms with van der Waals surface area (Å²) in [6.45, 7) is 4.29. The van der Waals surface area contributed by atoms with E-state index in [2.05, 4.69) is 12.3 Å². The lowest BCUT2D eigenvalue weighted by Gasteiger charge is -1.98. The predicted octanol–water partition coefficient (Wildman–Crippen LogP) is 1.90. The number of nitrogens with two attached hydrogens (primary N) is 1. The molecule has 0 amide bonds. The van der Waals surface area contributed by atoms with Crippen LogP contribution in [0.15, 0.2) is 0 Å². The van der Waals surface area contributed by atoms with Gasteiger partial charge in [0.2, 0.25) is 0 Å². The van der Waals surface area contributed by atoms with Crippen molar-refractivity contribution in [1.29, 1.82) is 0 Å². The average molecular weight is 204 g/mol. The number of carboxylic acids is 1. The molecule has 4 nitrogen and oxygen atoms in total. The Morgan fingerprint density at radius 3 is 2.07 bits per heavy atom. The maximum atomic E-state index is 9.00. The first-order valence-electron chi connectivity index (χ1n) is 5.28. The zero-order valence-electron chi connectivity index (χ0n) is 9.38. The number of hydrogen-bond donors (Lipinski definition) is 3. The summed E-state index contributed by atoms with van der Waals surface area (Å²) in [4.78, 5) is 9.00. The SMILES string of the molecule is CC(=O)O.CCCCCCCCNN. The zero-order chi connectivity index (χ0) is 11.2. The first kappa shape index (κ1) is 15.8. The lowest BCUT2D eigenvalue weighted by Crippen LogP contribution is -2.22. The summed E-state index contributed by atoms with van der Waals surface area (Å²) in [7, 11) is 0. The minimum atomic E-state index is -0.833. The highest BCUT2D eigenvalue weighted by Gasteiger charge is 1.87. The van der Waals surface area contributed by atoms with E-state index in [1.54, 1.807) is 0 Å².